The number of hydrogen-bond acceptors (Lipinski definition) is 3. The van der Waals surface area contributed by atoms with Crippen LogP contribution in [0.3, 0.4) is 0 Å². The maximum atomic E-state index is 5.54. The zero-order chi connectivity index (χ0) is 11.0. The first kappa shape index (κ1) is 10.1. The van der Waals surface area contributed by atoms with Crippen molar-refractivity contribution in [3.05, 3.63) is 29.8 Å². The van der Waals surface area contributed by atoms with Crippen LogP contribution in [0.15, 0.2) is 24.3 Å². The summed E-state index contributed by atoms with van der Waals surface area (Å²) in [6, 6.07) is 9.63. The zero-order valence-corrected chi connectivity index (χ0v) is 9.57. The summed E-state index contributed by atoms with van der Waals surface area (Å²) >= 11 is 0. The molecule has 86 valence electrons. The minimum absolute atomic E-state index is 0.141. The van der Waals surface area contributed by atoms with Gasteiger partial charge in [0.25, 0.3) is 0 Å². The van der Waals surface area contributed by atoms with E-state index >= 15 is 0 Å². The highest BCUT2D eigenvalue weighted by Crippen LogP contribution is 2.24. The first-order valence-electron chi connectivity index (χ1n) is 6.02. The Morgan fingerprint density at radius 3 is 2.81 bits per heavy atom. The topological polar surface area (TPSA) is 33.3 Å². The molecule has 1 aromatic carbocycles. The lowest BCUT2D eigenvalue weighted by molar-refractivity contribution is -0.0698. The lowest BCUT2D eigenvalue weighted by Gasteiger charge is -2.38. The second-order valence-corrected chi connectivity index (χ2v) is 4.82. The Labute approximate surface area is 96.2 Å². The molecule has 0 spiro atoms. The molecule has 3 rings (SSSR count). The van der Waals surface area contributed by atoms with Crippen LogP contribution in [0.4, 0.5) is 5.69 Å². The summed E-state index contributed by atoms with van der Waals surface area (Å²) < 4.78 is 5.54. The van der Waals surface area contributed by atoms with Gasteiger partial charge < -0.3 is 15.4 Å². The number of nitrogens with one attached hydrogen (secondary N) is 2. The van der Waals surface area contributed by atoms with Crippen LogP contribution in [-0.4, -0.2) is 24.9 Å². The molecule has 1 aliphatic carbocycles. The summed E-state index contributed by atoms with van der Waals surface area (Å²) in [4.78, 5) is 0. The van der Waals surface area contributed by atoms with Gasteiger partial charge in [0.05, 0.1) is 12.6 Å². The first-order chi connectivity index (χ1) is 7.81. The maximum Gasteiger partial charge on any atom is 0.145 e. The second-order valence-electron chi connectivity index (χ2n) is 4.82. The van der Waals surface area contributed by atoms with Gasteiger partial charge in [0, 0.05) is 11.7 Å². The quantitative estimate of drug-likeness (QED) is 0.809. The monoisotopic (exact) mass is 218 g/mol. The van der Waals surface area contributed by atoms with E-state index in [9.17, 15) is 0 Å². The summed E-state index contributed by atoms with van der Waals surface area (Å²) in [5.41, 5.74) is 2.42. The molecular weight excluding hydrogens is 200 g/mol. The van der Waals surface area contributed by atoms with E-state index in [1.54, 1.807) is 0 Å². The molecule has 1 saturated carbocycles. The lowest BCUT2D eigenvalue weighted by Crippen LogP contribution is -2.58. The van der Waals surface area contributed by atoms with Crippen LogP contribution >= 0.6 is 0 Å². The van der Waals surface area contributed by atoms with Gasteiger partial charge in [0.1, 0.15) is 6.23 Å². The van der Waals surface area contributed by atoms with E-state index in [1.165, 1.54) is 18.4 Å². The van der Waals surface area contributed by atoms with Gasteiger partial charge in [-0.15, -0.1) is 0 Å². The van der Waals surface area contributed by atoms with Gasteiger partial charge in [-0.3, -0.25) is 0 Å². The maximum absolute atomic E-state index is 5.54. The van der Waals surface area contributed by atoms with Gasteiger partial charge in [-0.25, -0.2) is 0 Å². The molecule has 0 amide bonds. The number of aryl methyl sites for hydroxylation is 1. The summed E-state index contributed by atoms with van der Waals surface area (Å²) in [6.07, 6.45) is 2.80. The molecule has 3 heteroatoms. The first-order valence-corrected chi connectivity index (χ1v) is 6.02. The molecule has 0 radical (unpaired) electrons. The van der Waals surface area contributed by atoms with Gasteiger partial charge in [-0.05, 0) is 37.5 Å². The molecule has 1 heterocycles. The van der Waals surface area contributed by atoms with Crippen molar-refractivity contribution in [2.45, 2.75) is 38.1 Å². The average molecular weight is 218 g/mol. The number of hydrogen-bond donors (Lipinski definition) is 2. The number of benzene rings is 1. The van der Waals surface area contributed by atoms with Gasteiger partial charge in [-0.2, -0.15) is 0 Å². The van der Waals surface area contributed by atoms with Gasteiger partial charge in [0.15, 0.2) is 0 Å². The fourth-order valence-electron chi connectivity index (χ4n) is 2.02. The molecule has 2 N–H and O–H groups in total. The molecule has 0 bridgehead atoms. The second kappa shape index (κ2) is 4.07. The number of ether oxygens (including phenoxy) is 1. The number of anilines is 1. The van der Waals surface area contributed by atoms with Crippen LogP contribution in [0.1, 0.15) is 18.4 Å². The SMILES string of the molecule is Cc1cccc(NC2OCC2NC2CC2)c1. The summed E-state index contributed by atoms with van der Waals surface area (Å²) in [5.74, 6) is 0. The van der Waals surface area contributed by atoms with E-state index < -0.39 is 0 Å². The van der Waals surface area contributed by atoms with Crippen molar-refractivity contribution in [1.29, 1.82) is 0 Å². The van der Waals surface area contributed by atoms with Crippen molar-refractivity contribution in [1.82, 2.24) is 5.32 Å². The Hall–Kier alpha value is -1.06. The van der Waals surface area contributed by atoms with Crippen LogP contribution in [0, 0.1) is 6.92 Å². The number of rotatable bonds is 4. The molecule has 2 aliphatic rings. The molecule has 2 fully saturated rings. The molecule has 16 heavy (non-hydrogen) atoms. The molecule has 0 aromatic heterocycles. The third-order valence-corrected chi connectivity index (χ3v) is 3.17. The Morgan fingerprint density at radius 2 is 2.19 bits per heavy atom. The molecule has 1 aromatic rings. The van der Waals surface area contributed by atoms with Gasteiger partial charge in [0.2, 0.25) is 0 Å². The van der Waals surface area contributed by atoms with Crippen LogP contribution in [0.2, 0.25) is 0 Å². The summed E-state index contributed by atoms with van der Waals surface area (Å²) in [5, 5.41) is 7.01. The standard InChI is InChI=1S/C13H18N2O/c1-9-3-2-4-11(7-9)15-13-12(8-16-13)14-10-5-6-10/h2-4,7,10,12-15H,5-6,8H2,1H3. The predicted molar refractivity (Wildman–Crippen MR) is 64.5 cm³/mol. The highest BCUT2D eigenvalue weighted by atomic mass is 16.5. The van der Waals surface area contributed by atoms with E-state index in [1.807, 2.05) is 0 Å². The summed E-state index contributed by atoms with van der Waals surface area (Å²) in [7, 11) is 0. The van der Waals surface area contributed by atoms with E-state index in [2.05, 4.69) is 41.8 Å². The van der Waals surface area contributed by atoms with Crippen molar-refractivity contribution < 1.29 is 4.74 Å². The van der Waals surface area contributed by atoms with Crippen molar-refractivity contribution in [2.75, 3.05) is 11.9 Å². The predicted octanol–water partition coefficient (Wildman–Crippen LogP) is 1.88. The van der Waals surface area contributed by atoms with E-state index in [0.717, 1.165) is 18.3 Å². The molecular formula is C13H18N2O. The largest absolute Gasteiger partial charge is 0.359 e. The minimum atomic E-state index is 0.141. The van der Waals surface area contributed by atoms with Crippen LogP contribution in [-0.2, 0) is 4.74 Å². The van der Waals surface area contributed by atoms with Gasteiger partial charge in [-0.1, -0.05) is 12.1 Å². The molecule has 1 aliphatic heterocycles. The third-order valence-electron chi connectivity index (χ3n) is 3.17. The van der Waals surface area contributed by atoms with Crippen LogP contribution < -0.4 is 10.6 Å². The highest BCUT2D eigenvalue weighted by Gasteiger charge is 2.36. The van der Waals surface area contributed by atoms with E-state index in [-0.39, 0.29) is 6.23 Å². The normalized spacial score (nSPS) is 28.6. The van der Waals surface area contributed by atoms with Crippen molar-refractivity contribution >= 4 is 5.69 Å². The highest BCUT2D eigenvalue weighted by molar-refractivity contribution is 5.46. The lowest BCUT2D eigenvalue weighted by atomic mass is 10.1. The van der Waals surface area contributed by atoms with Crippen molar-refractivity contribution in [3.63, 3.8) is 0 Å². The van der Waals surface area contributed by atoms with Crippen LogP contribution in [0.5, 0.6) is 0 Å². The van der Waals surface area contributed by atoms with E-state index in [4.69, 9.17) is 4.74 Å². The molecule has 1 saturated heterocycles. The van der Waals surface area contributed by atoms with Crippen molar-refractivity contribution in [2.24, 2.45) is 0 Å². The van der Waals surface area contributed by atoms with E-state index in [0.29, 0.717) is 6.04 Å². The summed E-state index contributed by atoms with van der Waals surface area (Å²) in [6.45, 7) is 2.94. The smallest absolute Gasteiger partial charge is 0.145 e. The van der Waals surface area contributed by atoms with Crippen LogP contribution in [0.25, 0.3) is 0 Å². The Bertz CT molecular complexity index is 376. The molecule has 3 nitrogen and oxygen atoms in total. The average Bonchev–Trinajstić information content (AvgIpc) is 3.05. The fraction of sp³-hybridized carbons (Fsp3) is 0.538. The molecule has 2 atom stereocenters. The molecule has 2 unspecified atom stereocenters. The third kappa shape index (κ3) is 2.20. The zero-order valence-electron chi connectivity index (χ0n) is 9.57. The Morgan fingerprint density at radius 1 is 1.31 bits per heavy atom. The van der Waals surface area contributed by atoms with Crippen molar-refractivity contribution in [3.8, 4) is 0 Å². The van der Waals surface area contributed by atoms with Gasteiger partial charge >= 0.3 is 0 Å². The minimum Gasteiger partial charge on any atom is -0.359 e. The Kier molecular flexibility index (Phi) is 2.58. The Balaban J connectivity index is 1.57. The fourth-order valence-corrected chi connectivity index (χ4v) is 2.02.